The van der Waals surface area contributed by atoms with Crippen molar-refractivity contribution in [3.05, 3.63) is 0 Å². The van der Waals surface area contributed by atoms with E-state index in [-0.39, 0.29) is 18.4 Å². The van der Waals surface area contributed by atoms with Gasteiger partial charge >= 0.3 is 5.97 Å². The standard InChI is InChI=1S/C14H25NO3/c1-13(2)7-5-10(6-8-13)15-11(16)9-14(3,4)12(17)18/h10H,5-9H2,1-4H3,(H,15,16)(H,17,18). The summed E-state index contributed by atoms with van der Waals surface area (Å²) in [5.74, 6) is -1.07. The van der Waals surface area contributed by atoms with Crippen LogP contribution in [0, 0.1) is 10.8 Å². The van der Waals surface area contributed by atoms with E-state index in [0.717, 1.165) is 25.7 Å². The smallest absolute Gasteiger partial charge is 0.309 e. The topological polar surface area (TPSA) is 66.4 Å². The Balaban J connectivity index is 2.40. The zero-order valence-electron chi connectivity index (χ0n) is 11.9. The largest absolute Gasteiger partial charge is 0.481 e. The molecule has 1 rings (SSSR count). The number of aliphatic carboxylic acids is 1. The molecule has 0 aromatic rings. The van der Waals surface area contributed by atoms with Gasteiger partial charge in [0.25, 0.3) is 0 Å². The van der Waals surface area contributed by atoms with E-state index in [1.165, 1.54) is 0 Å². The number of amides is 1. The van der Waals surface area contributed by atoms with Gasteiger partial charge in [-0.2, -0.15) is 0 Å². The fourth-order valence-electron chi connectivity index (χ4n) is 2.30. The molecule has 1 aliphatic carbocycles. The van der Waals surface area contributed by atoms with E-state index in [0.29, 0.717) is 5.41 Å². The minimum atomic E-state index is -0.988. The third-order valence-electron chi connectivity index (χ3n) is 3.89. The number of hydrogen-bond acceptors (Lipinski definition) is 2. The highest BCUT2D eigenvalue weighted by Gasteiger charge is 2.32. The highest BCUT2D eigenvalue weighted by molar-refractivity contribution is 5.84. The molecular weight excluding hydrogens is 230 g/mol. The third kappa shape index (κ3) is 4.31. The molecule has 0 atom stereocenters. The molecule has 1 fully saturated rings. The van der Waals surface area contributed by atoms with Crippen molar-refractivity contribution in [3.63, 3.8) is 0 Å². The van der Waals surface area contributed by atoms with Crippen LogP contribution in [-0.2, 0) is 9.59 Å². The maximum atomic E-state index is 11.8. The van der Waals surface area contributed by atoms with E-state index < -0.39 is 11.4 Å². The number of nitrogens with one attached hydrogen (secondary N) is 1. The van der Waals surface area contributed by atoms with Crippen molar-refractivity contribution in [2.75, 3.05) is 0 Å². The molecule has 0 radical (unpaired) electrons. The van der Waals surface area contributed by atoms with Crippen LogP contribution < -0.4 is 5.32 Å². The zero-order chi connectivity index (χ0) is 14.0. The second kappa shape index (κ2) is 5.29. The second-order valence-electron chi connectivity index (χ2n) is 6.87. The Hall–Kier alpha value is -1.06. The Bertz CT molecular complexity index is 324. The Labute approximate surface area is 109 Å². The zero-order valence-corrected chi connectivity index (χ0v) is 11.9. The van der Waals surface area contributed by atoms with Crippen LogP contribution in [0.15, 0.2) is 0 Å². The quantitative estimate of drug-likeness (QED) is 0.811. The lowest BCUT2D eigenvalue weighted by Crippen LogP contribution is -2.41. The molecule has 0 unspecified atom stereocenters. The third-order valence-corrected chi connectivity index (χ3v) is 3.89. The van der Waals surface area contributed by atoms with Crippen LogP contribution in [0.2, 0.25) is 0 Å². The first kappa shape index (κ1) is 15.0. The number of carboxylic acid groups (broad SMARTS) is 1. The first-order valence-electron chi connectivity index (χ1n) is 6.65. The van der Waals surface area contributed by atoms with Gasteiger partial charge in [0.05, 0.1) is 5.41 Å². The number of carbonyl (C=O) groups is 2. The van der Waals surface area contributed by atoms with Crippen LogP contribution in [0.1, 0.15) is 59.8 Å². The lowest BCUT2D eigenvalue weighted by Gasteiger charge is -2.35. The number of rotatable bonds is 4. The molecule has 4 heteroatoms. The average molecular weight is 255 g/mol. The normalized spacial score (nSPS) is 20.4. The fourth-order valence-corrected chi connectivity index (χ4v) is 2.30. The number of hydrogen-bond donors (Lipinski definition) is 2. The van der Waals surface area contributed by atoms with Gasteiger partial charge in [0.15, 0.2) is 0 Å². The molecule has 0 heterocycles. The summed E-state index contributed by atoms with van der Waals surface area (Å²) in [6.45, 7) is 7.66. The van der Waals surface area contributed by atoms with Crippen LogP contribution in [-0.4, -0.2) is 23.0 Å². The lowest BCUT2D eigenvalue weighted by atomic mass is 9.75. The van der Waals surface area contributed by atoms with Crippen molar-refractivity contribution in [3.8, 4) is 0 Å². The molecule has 0 bridgehead atoms. The molecule has 0 saturated heterocycles. The van der Waals surface area contributed by atoms with Gasteiger partial charge in [0.1, 0.15) is 0 Å². The van der Waals surface area contributed by atoms with E-state index in [4.69, 9.17) is 5.11 Å². The monoisotopic (exact) mass is 255 g/mol. The van der Waals surface area contributed by atoms with Crippen molar-refractivity contribution in [2.24, 2.45) is 10.8 Å². The second-order valence-corrected chi connectivity index (χ2v) is 6.87. The van der Waals surface area contributed by atoms with Crippen molar-refractivity contribution >= 4 is 11.9 Å². The predicted molar refractivity (Wildman–Crippen MR) is 70.2 cm³/mol. The molecule has 2 N–H and O–H groups in total. The summed E-state index contributed by atoms with van der Waals surface area (Å²) < 4.78 is 0. The molecule has 0 aromatic heterocycles. The van der Waals surface area contributed by atoms with Gasteiger partial charge in [-0.3, -0.25) is 9.59 Å². The first-order chi connectivity index (χ1) is 8.12. The van der Waals surface area contributed by atoms with Crippen LogP contribution in [0.25, 0.3) is 0 Å². The van der Waals surface area contributed by atoms with Gasteiger partial charge in [-0.05, 0) is 44.9 Å². The van der Waals surface area contributed by atoms with Crippen molar-refractivity contribution < 1.29 is 14.7 Å². The fraction of sp³-hybridized carbons (Fsp3) is 0.857. The van der Waals surface area contributed by atoms with Gasteiger partial charge in [0, 0.05) is 12.5 Å². The number of carboxylic acids is 1. The van der Waals surface area contributed by atoms with Crippen LogP contribution in [0.3, 0.4) is 0 Å². The van der Waals surface area contributed by atoms with Gasteiger partial charge in [-0.15, -0.1) is 0 Å². The van der Waals surface area contributed by atoms with Gasteiger partial charge in [-0.25, -0.2) is 0 Å². The Kier molecular flexibility index (Phi) is 4.41. The average Bonchev–Trinajstić information content (AvgIpc) is 2.20. The highest BCUT2D eigenvalue weighted by atomic mass is 16.4. The molecule has 104 valence electrons. The van der Waals surface area contributed by atoms with Gasteiger partial charge < -0.3 is 10.4 Å². The molecule has 1 aliphatic rings. The van der Waals surface area contributed by atoms with E-state index >= 15 is 0 Å². The predicted octanol–water partition coefficient (Wildman–Crippen LogP) is 2.57. The van der Waals surface area contributed by atoms with E-state index in [1.54, 1.807) is 13.8 Å². The highest BCUT2D eigenvalue weighted by Crippen LogP contribution is 2.35. The van der Waals surface area contributed by atoms with Gasteiger partial charge in [-0.1, -0.05) is 13.8 Å². The van der Waals surface area contributed by atoms with Gasteiger partial charge in [0.2, 0.25) is 5.91 Å². The maximum absolute atomic E-state index is 11.8. The van der Waals surface area contributed by atoms with E-state index in [2.05, 4.69) is 19.2 Å². The molecule has 0 aliphatic heterocycles. The summed E-state index contributed by atoms with van der Waals surface area (Å²) >= 11 is 0. The van der Waals surface area contributed by atoms with Crippen molar-refractivity contribution in [1.29, 1.82) is 0 Å². The summed E-state index contributed by atoms with van der Waals surface area (Å²) in [5.41, 5.74) is -0.612. The van der Waals surface area contributed by atoms with Crippen LogP contribution in [0.4, 0.5) is 0 Å². The Morgan fingerprint density at radius 2 is 1.78 bits per heavy atom. The molecule has 1 amide bonds. The van der Waals surface area contributed by atoms with Crippen molar-refractivity contribution in [2.45, 2.75) is 65.8 Å². The SMILES string of the molecule is CC1(C)CCC(NC(=O)CC(C)(C)C(=O)O)CC1. The molecular formula is C14H25NO3. The van der Waals surface area contributed by atoms with Crippen molar-refractivity contribution in [1.82, 2.24) is 5.32 Å². The minimum absolute atomic E-state index is 0.0439. The molecule has 4 nitrogen and oxygen atoms in total. The lowest BCUT2D eigenvalue weighted by molar-refractivity contribution is -0.149. The van der Waals surface area contributed by atoms with E-state index in [9.17, 15) is 9.59 Å². The van der Waals surface area contributed by atoms with E-state index in [1.807, 2.05) is 0 Å². The minimum Gasteiger partial charge on any atom is -0.481 e. The molecule has 0 spiro atoms. The summed E-state index contributed by atoms with van der Waals surface area (Å²) in [5, 5.41) is 11.9. The summed E-state index contributed by atoms with van der Waals surface area (Å²) in [6.07, 6.45) is 4.25. The van der Waals surface area contributed by atoms with Crippen LogP contribution >= 0.6 is 0 Å². The molecule has 1 saturated carbocycles. The Morgan fingerprint density at radius 3 is 2.22 bits per heavy atom. The number of carbonyl (C=O) groups excluding carboxylic acids is 1. The molecule has 0 aromatic carbocycles. The first-order valence-corrected chi connectivity index (χ1v) is 6.65. The summed E-state index contributed by atoms with van der Waals surface area (Å²) in [6, 6.07) is 0.218. The molecule has 18 heavy (non-hydrogen) atoms. The maximum Gasteiger partial charge on any atom is 0.309 e. The Morgan fingerprint density at radius 1 is 1.28 bits per heavy atom. The summed E-state index contributed by atoms with van der Waals surface area (Å²) in [7, 11) is 0. The summed E-state index contributed by atoms with van der Waals surface area (Å²) in [4.78, 5) is 22.8. The van der Waals surface area contributed by atoms with Crippen LogP contribution in [0.5, 0.6) is 0 Å².